The average molecular weight is 306 g/mol. The molecule has 0 bridgehead atoms. The smallest absolute Gasteiger partial charge is 0.261 e. The van der Waals surface area contributed by atoms with Crippen molar-refractivity contribution in [3.05, 3.63) is 40.4 Å². The number of aromatic nitrogens is 2. The molecule has 0 N–H and O–H groups in total. The Bertz CT molecular complexity index is 693. The first kappa shape index (κ1) is 14.5. The number of benzene rings is 1. The number of alkyl halides is 1. The molecule has 1 fully saturated rings. The fourth-order valence-electron chi connectivity index (χ4n) is 2.81. The zero-order chi connectivity index (χ0) is 14.8. The normalized spacial score (nSPS) is 15.0. The Morgan fingerprint density at radius 2 is 2.14 bits per heavy atom. The second-order valence-corrected chi connectivity index (χ2v) is 5.76. The van der Waals surface area contributed by atoms with E-state index >= 15 is 0 Å². The van der Waals surface area contributed by atoms with Crippen LogP contribution in [0.4, 0.5) is 0 Å². The molecule has 1 aliphatic rings. The highest BCUT2D eigenvalue weighted by atomic mass is 35.5. The maximum absolute atomic E-state index is 12.6. The van der Waals surface area contributed by atoms with Crippen LogP contribution in [0.1, 0.15) is 25.6 Å². The lowest BCUT2D eigenvalue weighted by Crippen LogP contribution is -2.34. The Balaban J connectivity index is 1.92. The van der Waals surface area contributed by atoms with Crippen LogP contribution < -0.4 is 5.56 Å². The third-order valence-electron chi connectivity index (χ3n) is 4.14. The van der Waals surface area contributed by atoms with Gasteiger partial charge in [0, 0.05) is 19.1 Å². The lowest BCUT2D eigenvalue weighted by atomic mass is 10.2. The summed E-state index contributed by atoms with van der Waals surface area (Å²) >= 11 is 5.99. The molecular weight excluding hydrogens is 286 g/mol. The van der Waals surface area contributed by atoms with Gasteiger partial charge in [-0.2, -0.15) is 0 Å². The number of nitrogens with zero attached hydrogens (tertiary/aromatic N) is 3. The Morgan fingerprint density at radius 3 is 2.81 bits per heavy atom. The zero-order valence-corrected chi connectivity index (χ0v) is 13.0. The van der Waals surface area contributed by atoms with Gasteiger partial charge in [-0.15, -0.1) is 11.6 Å². The summed E-state index contributed by atoms with van der Waals surface area (Å²) in [6, 6.07) is 8.16. The van der Waals surface area contributed by atoms with Crippen molar-refractivity contribution in [3.8, 4) is 0 Å². The first-order chi connectivity index (χ1) is 10.2. The van der Waals surface area contributed by atoms with Crippen LogP contribution >= 0.6 is 11.6 Å². The van der Waals surface area contributed by atoms with Crippen LogP contribution in [-0.2, 0) is 12.4 Å². The number of hydrogen-bond acceptors (Lipinski definition) is 3. The van der Waals surface area contributed by atoms with Crippen molar-refractivity contribution < 1.29 is 0 Å². The predicted molar refractivity (Wildman–Crippen MR) is 85.8 cm³/mol. The van der Waals surface area contributed by atoms with E-state index in [1.807, 2.05) is 24.3 Å². The molecule has 3 rings (SSSR count). The van der Waals surface area contributed by atoms with E-state index in [0.29, 0.717) is 23.8 Å². The van der Waals surface area contributed by atoms with Gasteiger partial charge >= 0.3 is 0 Å². The van der Waals surface area contributed by atoms with E-state index in [2.05, 4.69) is 16.8 Å². The number of para-hydroxylation sites is 1. The summed E-state index contributed by atoms with van der Waals surface area (Å²) in [6.07, 6.45) is 2.56. The minimum absolute atomic E-state index is 0.0168. The van der Waals surface area contributed by atoms with Gasteiger partial charge in [-0.25, -0.2) is 4.98 Å². The third-order valence-corrected chi connectivity index (χ3v) is 4.38. The summed E-state index contributed by atoms with van der Waals surface area (Å²) in [5.74, 6) is 0.919. The van der Waals surface area contributed by atoms with Gasteiger partial charge in [0.15, 0.2) is 0 Å². The summed E-state index contributed by atoms with van der Waals surface area (Å²) in [7, 11) is 0. The molecule has 0 aliphatic heterocycles. The number of fused-ring (bicyclic) bond motifs is 1. The second kappa shape index (κ2) is 6.16. The molecule has 1 heterocycles. The van der Waals surface area contributed by atoms with Crippen LogP contribution in [0.2, 0.25) is 0 Å². The first-order valence-corrected chi connectivity index (χ1v) is 8.06. The van der Waals surface area contributed by atoms with Crippen LogP contribution in [0.3, 0.4) is 0 Å². The lowest BCUT2D eigenvalue weighted by molar-refractivity contribution is 0.263. The minimum Gasteiger partial charge on any atom is -0.299 e. The van der Waals surface area contributed by atoms with Gasteiger partial charge in [-0.3, -0.25) is 14.3 Å². The number of halogens is 1. The molecule has 2 aromatic rings. The van der Waals surface area contributed by atoms with Gasteiger partial charge in [-0.05, 0) is 31.5 Å². The highest BCUT2D eigenvalue weighted by Crippen LogP contribution is 2.26. The summed E-state index contributed by atoms with van der Waals surface area (Å²) < 4.78 is 1.74. The Labute approximate surface area is 129 Å². The van der Waals surface area contributed by atoms with Gasteiger partial charge in [-0.1, -0.05) is 19.1 Å². The van der Waals surface area contributed by atoms with Crippen molar-refractivity contribution in [1.29, 1.82) is 0 Å². The van der Waals surface area contributed by atoms with E-state index in [4.69, 9.17) is 11.6 Å². The highest BCUT2D eigenvalue weighted by molar-refractivity contribution is 6.16. The average Bonchev–Trinajstić information content (AvgIpc) is 3.34. The Morgan fingerprint density at radius 1 is 1.38 bits per heavy atom. The SMILES string of the molecule is CCN(CCn1c(CCl)nc2ccccc2c1=O)C1CC1. The molecule has 0 saturated heterocycles. The monoisotopic (exact) mass is 305 g/mol. The van der Waals surface area contributed by atoms with Gasteiger partial charge in [0.2, 0.25) is 0 Å². The first-order valence-electron chi connectivity index (χ1n) is 7.53. The maximum atomic E-state index is 12.6. The van der Waals surface area contributed by atoms with E-state index in [1.54, 1.807) is 4.57 Å². The largest absolute Gasteiger partial charge is 0.299 e. The van der Waals surface area contributed by atoms with Crippen LogP contribution in [0.25, 0.3) is 10.9 Å². The molecule has 112 valence electrons. The van der Waals surface area contributed by atoms with Crippen LogP contribution in [0.15, 0.2) is 29.1 Å². The van der Waals surface area contributed by atoms with Gasteiger partial charge in [0.25, 0.3) is 5.56 Å². The van der Waals surface area contributed by atoms with Crippen molar-refractivity contribution in [3.63, 3.8) is 0 Å². The van der Waals surface area contributed by atoms with E-state index in [1.165, 1.54) is 12.8 Å². The van der Waals surface area contributed by atoms with E-state index in [9.17, 15) is 4.79 Å². The van der Waals surface area contributed by atoms with Gasteiger partial charge < -0.3 is 0 Å². The van der Waals surface area contributed by atoms with Crippen molar-refractivity contribution in [2.45, 2.75) is 38.2 Å². The standard InChI is InChI=1S/C16H20ClN3O/c1-2-19(12-7-8-12)9-10-20-15(11-17)18-14-6-4-3-5-13(14)16(20)21/h3-6,12H,2,7-11H2,1H3. The molecule has 21 heavy (non-hydrogen) atoms. The number of hydrogen-bond donors (Lipinski definition) is 0. The molecule has 0 radical (unpaired) electrons. The summed E-state index contributed by atoms with van der Waals surface area (Å²) in [6.45, 7) is 4.73. The minimum atomic E-state index is 0.0168. The quantitative estimate of drug-likeness (QED) is 0.770. The zero-order valence-electron chi connectivity index (χ0n) is 12.3. The second-order valence-electron chi connectivity index (χ2n) is 5.50. The molecular formula is C16H20ClN3O. The van der Waals surface area contributed by atoms with Crippen LogP contribution in [0, 0.1) is 0 Å². The van der Waals surface area contributed by atoms with Gasteiger partial charge in [0.05, 0.1) is 16.8 Å². The predicted octanol–water partition coefficient (Wildman–Crippen LogP) is 2.62. The van der Waals surface area contributed by atoms with Crippen molar-refractivity contribution in [2.24, 2.45) is 0 Å². The molecule has 1 saturated carbocycles. The Kier molecular flexibility index (Phi) is 4.27. The van der Waals surface area contributed by atoms with Crippen LogP contribution in [0.5, 0.6) is 0 Å². The maximum Gasteiger partial charge on any atom is 0.261 e. The number of rotatable bonds is 6. The van der Waals surface area contributed by atoms with Crippen LogP contribution in [-0.4, -0.2) is 33.6 Å². The van der Waals surface area contributed by atoms with Crippen molar-refractivity contribution >= 4 is 22.5 Å². The van der Waals surface area contributed by atoms with E-state index < -0.39 is 0 Å². The molecule has 0 unspecified atom stereocenters. The molecule has 0 spiro atoms. The summed E-state index contributed by atoms with van der Waals surface area (Å²) in [5.41, 5.74) is 0.743. The fourth-order valence-corrected chi connectivity index (χ4v) is 3.02. The van der Waals surface area contributed by atoms with Crippen molar-refractivity contribution in [2.75, 3.05) is 13.1 Å². The lowest BCUT2D eigenvalue weighted by Gasteiger charge is -2.21. The van der Waals surface area contributed by atoms with Gasteiger partial charge in [0.1, 0.15) is 5.82 Å². The highest BCUT2D eigenvalue weighted by Gasteiger charge is 2.27. The molecule has 0 atom stereocenters. The third kappa shape index (κ3) is 2.97. The number of likely N-dealkylation sites (N-methyl/N-ethyl adjacent to an activating group) is 1. The molecule has 1 aliphatic carbocycles. The van der Waals surface area contributed by atoms with Crippen molar-refractivity contribution in [1.82, 2.24) is 14.5 Å². The van der Waals surface area contributed by atoms with E-state index in [0.717, 1.165) is 18.6 Å². The molecule has 1 aromatic carbocycles. The van der Waals surface area contributed by atoms with E-state index in [-0.39, 0.29) is 11.4 Å². The topological polar surface area (TPSA) is 38.1 Å². The summed E-state index contributed by atoms with van der Waals surface area (Å²) in [5, 5.41) is 0.667. The summed E-state index contributed by atoms with van der Waals surface area (Å²) in [4.78, 5) is 19.6. The molecule has 1 aromatic heterocycles. The molecule has 0 amide bonds. The Hall–Kier alpha value is -1.39. The molecule has 4 nitrogen and oxygen atoms in total. The molecule has 5 heteroatoms. The fraction of sp³-hybridized carbons (Fsp3) is 0.500.